The van der Waals surface area contributed by atoms with Gasteiger partial charge in [-0.25, -0.2) is 0 Å². The Hall–Kier alpha value is -0.940. The van der Waals surface area contributed by atoms with Crippen LogP contribution >= 0.6 is 0 Å². The molecule has 2 heterocycles. The van der Waals surface area contributed by atoms with Crippen LogP contribution in [0.1, 0.15) is 25.6 Å². The molecule has 1 aromatic rings. The summed E-state index contributed by atoms with van der Waals surface area (Å²) in [7, 11) is 1.81. The summed E-state index contributed by atoms with van der Waals surface area (Å²) in [4.78, 5) is 1.56. The minimum Gasteiger partial charge on any atom is -0.363 e. The molecule has 0 amide bonds. The van der Waals surface area contributed by atoms with Gasteiger partial charge in [0.15, 0.2) is 0 Å². The highest BCUT2D eigenvalue weighted by Crippen LogP contribution is 2.24. The van der Waals surface area contributed by atoms with E-state index in [1.807, 2.05) is 7.05 Å². The molecule has 1 atom stereocenters. The topological polar surface area (TPSA) is 52.0 Å². The van der Waals surface area contributed by atoms with E-state index >= 15 is 0 Å². The molecule has 1 aliphatic rings. The van der Waals surface area contributed by atoms with Crippen LogP contribution in [-0.4, -0.2) is 33.7 Å². The average Bonchev–Trinajstić information content (AvgIpc) is 2.50. The number of hydrogen-bond acceptors (Lipinski definition) is 4. The van der Waals surface area contributed by atoms with Crippen molar-refractivity contribution >= 4 is 0 Å². The molecule has 5 heteroatoms. The predicted molar refractivity (Wildman–Crippen MR) is 51.8 cm³/mol. The van der Waals surface area contributed by atoms with Crippen LogP contribution in [0.15, 0.2) is 6.20 Å². The Kier molecular flexibility index (Phi) is 2.28. The van der Waals surface area contributed by atoms with E-state index in [9.17, 15) is 0 Å². The van der Waals surface area contributed by atoms with Crippen LogP contribution in [0.3, 0.4) is 0 Å². The van der Waals surface area contributed by atoms with Gasteiger partial charge in [0.2, 0.25) is 0 Å². The van der Waals surface area contributed by atoms with E-state index in [0.717, 1.165) is 18.8 Å². The first-order valence-corrected chi connectivity index (χ1v) is 4.82. The first-order valence-electron chi connectivity index (χ1n) is 4.82. The van der Waals surface area contributed by atoms with E-state index in [1.54, 1.807) is 11.0 Å². The van der Waals surface area contributed by atoms with Gasteiger partial charge in [0.05, 0.1) is 11.8 Å². The van der Waals surface area contributed by atoms with Crippen LogP contribution in [0, 0.1) is 0 Å². The molecular weight excluding hydrogens is 180 g/mol. The third-order valence-corrected chi connectivity index (χ3v) is 2.29. The number of rotatable bonds is 1. The van der Waals surface area contributed by atoms with Crippen molar-refractivity contribution < 1.29 is 4.74 Å². The average molecular weight is 196 g/mol. The maximum absolute atomic E-state index is 5.89. The van der Waals surface area contributed by atoms with Crippen molar-refractivity contribution in [2.75, 3.05) is 13.1 Å². The largest absolute Gasteiger partial charge is 0.363 e. The van der Waals surface area contributed by atoms with Gasteiger partial charge < -0.3 is 10.1 Å². The summed E-state index contributed by atoms with van der Waals surface area (Å²) in [5.41, 5.74) is 0.772. The Morgan fingerprint density at radius 3 is 3.00 bits per heavy atom. The van der Waals surface area contributed by atoms with Crippen LogP contribution in [0.4, 0.5) is 0 Å². The Bertz CT molecular complexity index is 320. The van der Waals surface area contributed by atoms with E-state index in [-0.39, 0.29) is 11.7 Å². The zero-order chi connectivity index (χ0) is 10.2. The van der Waals surface area contributed by atoms with Crippen molar-refractivity contribution in [2.45, 2.75) is 25.6 Å². The van der Waals surface area contributed by atoms with Crippen molar-refractivity contribution in [1.82, 2.24) is 20.3 Å². The Balaban J connectivity index is 2.12. The Labute approximate surface area is 83.4 Å². The SMILES string of the molecule is Cn1ncc([C@@H]2CNCC(C)(C)O2)n1. The molecule has 0 bridgehead atoms. The number of nitrogens with one attached hydrogen (secondary N) is 1. The molecule has 1 fully saturated rings. The second-order valence-corrected chi connectivity index (χ2v) is 4.26. The summed E-state index contributed by atoms with van der Waals surface area (Å²) in [6.45, 7) is 5.83. The van der Waals surface area contributed by atoms with Gasteiger partial charge in [0.25, 0.3) is 0 Å². The zero-order valence-electron chi connectivity index (χ0n) is 8.82. The lowest BCUT2D eigenvalue weighted by molar-refractivity contribution is -0.0976. The van der Waals surface area contributed by atoms with E-state index in [4.69, 9.17) is 4.74 Å². The van der Waals surface area contributed by atoms with Gasteiger partial charge in [0, 0.05) is 20.1 Å². The highest BCUT2D eigenvalue weighted by atomic mass is 16.5. The molecule has 0 unspecified atom stereocenters. The lowest BCUT2D eigenvalue weighted by Crippen LogP contribution is -2.47. The summed E-state index contributed by atoms with van der Waals surface area (Å²) in [6.07, 6.45) is 1.78. The van der Waals surface area contributed by atoms with Crippen molar-refractivity contribution in [3.8, 4) is 0 Å². The second-order valence-electron chi connectivity index (χ2n) is 4.26. The van der Waals surface area contributed by atoms with E-state index < -0.39 is 0 Å². The van der Waals surface area contributed by atoms with Crippen LogP contribution in [0.2, 0.25) is 0 Å². The van der Waals surface area contributed by atoms with E-state index in [2.05, 4.69) is 29.4 Å². The van der Waals surface area contributed by atoms with Gasteiger partial charge in [-0.15, -0.1) is 0 Å². The number of aryl methyl sites for hydroxylation is 1. The van der Waals surface area contributed by atoms with Crippen LogP contribution in [-0.2, 0) is 11.8 Å². The molecule has 2 rings (SSSR count). The maximum atomic E-state index is 5.89. The molecular formula is C9H16N4O. The summed E-state index contributed by atoms with van der Waals surface area (Å²) in [5, 5.41) is 11.6. The summed E-state index contributed by atoms with van der Waals surface area (Å²) in [5.74, 6) is 0. The van der Waals surface area contributed by atoms with Gasteiger partial charge >= 0.3 is 0 Å². The fourth-order valence-corrected chi connectivity index (χ4v) is 1.65. The van der Waals surface area contributed by atoms with Crippen molar-refractivity contribution in [3.05, 3.63) is 11.9 Å². The molecule has 5 nitrogen and oxygen atoms in total. The number of ether oxygens (including phenoxy) is 1. The number of hydrogen-bond donors (Lipinski definition) is 1. The molecule has 0 aliphatic carbocycles. The predicted octanol–water partition coefficient (Wildman–Crippen LogP) is 0.255. The van der Waals surface area contributed by atoms with Crippen LogP contribution in [0.25, 0.3) is 0 Å². The lowest BCUT2D eigenvalue weighted by atomic mass is 10.1. The maximum Gasteiger partial charge on any atom is 0.116 e. The molecule has 0 aromatic carbocycles. The van der Waals surface area contributed by atoms with Gasteiger partial charge in [-0.2, -0.15) is 15.0 Å². The molecule has 0 radical (unpaired) electrons. The Morgan fingerprint density at radius 2 is 2.43 bits per heavy atom. The number of aromatic nitrogens is 3. The molecule has 1 aromatic heterocycles. The first kappa shape index (κ1) is 9.61. The van der Waals surface area contributed by atoms with Crippen LogP contribution in [0.5, 0.6) is 0 Å². The standard InChI is InChI=1S/C9H16N4O/c1-9(2)6-10-5-8(14-9)7-4-11-13(3)12-7/h4,8,10H,5-6H2,1-3H3/t8-/m0/s1. The fraction of sp³-hybridized carbons (Fsp3) is 0.778. The van der Waals surface area contributed by atoms with Crippen molar-refractivity contribution in [3.63, 3.8) is 0 Å². The van der Waals surface area contributed by atoms with Gasteiger partial charge in [-0.05, 0) is 13.8 Å². The smallest absolute Gasteiger partial charge is 0.116 e. The molecule has 0 saturated carbocycles. The fourth-order valence-electron chi connectivity index (χ4n) is 1.65. The highest BCUT2D eigenvalue weighted by Gasteiger charge is 2.30. The summed E-state index contributed by atoms with van der Waals surface area (Å²) in [6, 6.07) is 0. The molecule has 1 aliphatic heterocycles. The first-order chi connectivity index (χ1) is 6.57. The summed E-state index contributed by atoms with van der Waals surface area (Å²) < 4.78 is 5.89. The molecule has 14 heavy (non-hydrogen) atoms. The molecule has 78 valence electrons. The van der Waals surface area contributed by atoms with E-state index in [1.165, 1.54) is 0 Å². The number of nitrogens with zero attached hydrogens (tertiary/aromatic N) is 3. The van der Waals surface area contributed by atoms with Crippen LogP contribution < -0.4 is 5.32 Å². The molecule has 1 saturated heterocycles. The third-order valence-electron chi connectivity index (χ3n) is 2.29. The highest BCUT2D eigenvalue weighted by molar-refractivity contribution is 5.01. The van der Waals surface area contributed by atoms with Gasteiger partial charge in [-0.3, -0.25) is 0 Å². The van der Waals surface area contributed by atoms with Gasteiger partial charge in [-0.1, -0.05) is 0 Å². The minimum atomic E-state index is -0.125. The monoisotopic (exact) mass is 196 g/mol. The normalized spacial score (nSPS) is 26.4. The lowest BCUT2D eigenvalue weighted by Gasteiger charge is -2.35. The van der Waals surface area contributed by atoms with Gasteiger partial charge in [0.1, 0.15) is 11.8 Å². The Morgan fingerprint density at radius 1 is 1.64 bits per heavy atom. The summed E-state index contributed by atoms with van der Waals surface area (Å²) >= 11 is 0. The van der Waals surface area contributed by atoms with Crippen molar-refractivity contribution in [1.29, 1.82) is 0 Å². The second kappa shape index (κ2) is 3.33. The number of morpholine rings is 1. The third kappa shape index (κ3) is 1.93. The molecule has 0 spiro atoms. The zero-order valence-corrected chi connectivity index (χ0v) is 8.82. The molecule has 1 N–H and O–H groups in total. The van der Waals surface area contributed by atoms with E-state index in [0.29, 0.717) is 0 Å². The van der Waals surface area contributed by atoms with Crippen molar-refractivity contribution in [2.24, 2.45) is 7.05 Å². The quantitative estimate of drug-likeness (QED) is 0.699. The minimum absolute atomic E-state index is 0.0208.